The second-order valence-electron chi connectivity index (χ2n) is 2.51. The van der Waals surface area contributed by atoms with Gasteiger partial charge in [-0.2, -0.15) is 0 Å². The lowest BCUT2D eigenvalue weighted by molar-refractivity contribution is 0.730. The highest BCUT2D eigenvalue weighted by molar-refractivity contribution is 5.54. The van der Waals surface area contributed by atoms with Gasteiger partial charge in [-0.05, 0) is 18.4 Å². The average molecular weight is 163 g/mol. The fourth-order valence-corrected chi connectivity index (χ4v) is 0.735. The number of allylic oxidation sites excluding steroid dienone is 4. The van der Waals surface area contributed by atoms with E-state index in [4.69, 9.17) is 0 Å². The summed E-state index contributed by atoms with van der Waals surface area (Å²) in [4.78, 5) is 4.09. The van der Waals surface area contributed by atoms with Gasteiger partial charge in [0.1, 0.15) is 0 Å². The van der Waals surface area contributed by atoms with Gasteiger partial charge in [-0.3, -0.25) is 0 Å². The lowest BCUT2D eigenvalue weighted by Gasteiger charge is -1.87. The molecule has 0 saturated heterocycles. The van der Waals surface area contributed by atoms with Crippen LogP contribution < -0.4 is 0 Å². The Morgan fingerprint density at radius 2 is 2.17 bits per heavy atom. The minimum Gasteiger partial charge on any atom is -0.243 e. The third-order valence-electron chi connectivity index (χ3n) is 1.38. The van der Waals surface area contributed by atoms with Crippen molar-refractivity contribution in [2.24, 2.45) is 4.99 Å². The van der Waals surface area contributed by atoms with Crippen LogP contribution in [0.25, 0.3) is 0 Å². The van der Waals surface area contributed by atoms with E-state index >= 15 is 0 Å². The van der Waals surface area contributed by atoms with Crippen molar-refractivity contribution in [3.63, 3.8) is 0 Å². The second-order valence-corrected chi connectivity index (χ2v) is 2.51. The van der Waals surface area contributed by atoms with Crippen LogP contribution in [0, 0.1) is 0 Å². The van der Waals surface area contributed by atoms with Crippen LogP contribution in [0.2, 0.25) is 0 Å². The molecule has 0 aliphatic rings. The highest BCUT2D eigenvalue weighted by Crippen LogP contribution is 1.92. The zero-order valence-electron chi connectivity index (χ0n) is 7.79. The molecule has 0 bridgehead atoms. The molecule has 0 amide bonds. The Morgan fingerprint density at radius 1 is 1.33 bits per heavy atom. The van der Waals surface area contributed by atoms with Gasteiger partial charge in [0.15, 0.2) is 0 Å². The van der Waals surface area contributed by atoms with Crippen LogP contribution in [0.5, 0.6) is 0 Å². The molecular weight excluding hydrogens is 146 g/mol. The molecule has 1 heteroatoms. The highest BCUT2D eigenvalue weighted by atomic mass is 14.7. The normalized spacial score (nSPS) is 9.42. The molecular formula is C11H17N. The van der Waals surface area contributed by atoms with Crippen molar-refractivity contribution in [3.8, 4) is 0 Å². The number of hydrogen-bond donors (Lipinski definition) is 0. The van der Waals surface area contributed by atoms with Crippen molar-refractivity contribution in [1.29, 1.82) is 0 Å². The van der Waals surface area contributed by atoms with Crippen LogP contribution in [0.3, 0.4) is 0 Å². The number of unbranched alkanes of at least 4 members (excludes halogenated alkanes) is 2. The molecule has 0 radical (unpaired) electrons. The first-order valence-electron chi connectivity index (χ1n) is 4.44. The van der Waals surface area contributed by atoms with E-state index in [0.717, 1.165) is 6.54 Å². The Bertz CT molecular complexity index is 183. The van der Waals surface area contributed by atoms with E-state index in [1.165, 1.54) is 19.3 Å². The van der Waals surface area contributed by atoms with Gasteiger partial charge in [-0.1, -0.05) is 44.6 Å². The quantitative estimate of drug-likeness (QED) is 0.324. The summed E-state index contributed by atoms with van der Waals surface area (Å²) in [6, 6.07) is 0. The van der Waals surface area contributed by atoms with Crippen LogP contribution >= 0.6 is 0 Å². The van der Waals surface area contributed by atoms with Crippen LogP contribution in [0.15, 0.2) is 35.9 Å². The summed E-state index contributed by atoms with van der Waals surface area (Å²) in [5.74, 6) is 2.84. The zero-order chi connectivity index (χ0) is 9.07. The first kappa shape index (κ1) is 10.9. The monoisotopic (exact) mass is 163 g/mol. The topological polar surface area (TPSA) is 12.4 Å². The van der Waals surface area contributed by atoms with Gasteiger partial charge in [-0.25, -0.2) is 4.99 Å². The second kappa shape index (κ2) is 9.93. The molecule has 0 unspecified atom stereocenters. The standard InChI is InChI=1S/C11H17N/c1-3-5-7-9-11-12-10-8-6-4-2/h3,5,7,9H,1,4,6,8,10H2,2H3. The predicted molar refractivity (Wildman–Crippen MR) is 55.7 cm³/mol. The van der Waals surface area contributed by atoms with E-state index < -0.39 is 0 Å². The zero-order valence-corrected chi connectivity index (χ0v) is 7.79. The third-order valence-corrected chi connectivity index (χ3v) is 1.38. The molecule has 0 N–H and O–H groups in total. The van der Waals surface area contributed by atoms with Crippen molar-refractivity contribution >= 4 is 5.87 Å². The van der Waals surface area contributed by atoms with E-state index in [-0.39, 0.29) is 0 Å². The van der Waals surface area contributed by atoms with E-state index in [9.17, 15) is 0 Å². The minimum absolute atomic E-state index is 0.895. The molecule has 0 aromatic carbocycles. The van der Waals surface area contributed by atoms with Crippen molar-refractivity contribution in [1.82, 2.24) is 0 Å². The Balaban J connectivity index is 3.40. The minimum atomic E-state index is 0.895. The van der Waals surface area contributed by atoms with E-state index in [1.807, 2.05) is 12.2 Å². The number of nitrogens with zero attached hydrogens (tertiary/aromatic N) is 1. The predicted octanol–water partition coefficient (Wildman–Crippen LogP) is 3.14. The maximum atomic E-state index is 4.09. The summed E-state index contributed by atoms with van der Waals surface area (Å²) >= 11 is 0. The van der Waals surface area contributed by atoms with Gasteiger partial charge < -0.3 is 0 Å². The summed E-state index contributed by atoms with van der Waals surface area (Å²) in [5, 5.41) is 0. The van der Waals surface area contributed by atoms with Crippen molar-refractivity contribution in [3.05, 3.63) is 30.9 Å². The van der Waals surface area contributed by atoms with Gasteiger partial charge in [0.2, 0.25) is 0 Å². The largest absolute Gasteiger partial charge is 0.243 e. The molecule has 12 heavy (non-hydrogen) atoms. The Morgan fingerprint density at radius 3 is 2.83 bits per heavy atom. The smallest absolute Gasteiger partial charge is 0.0484 e. The molecule has 0 aliphatic heterocycles. The van der Waals surface area contributed by atoms with Crippen molar-refractivity contribution in [2.45, 2.75) is 26.2 Å². The van der Waals surface area contributed by atoms with Crippen LogP contribution in [0.4, 0.5) is 0 Å². The van der Waals surface area contributed by atoms with Gasteiger partial charge in [-0.15, -0.1) is 0 Å². The van der Waals surface area contributed by atoms with E-state index in [0.29, 0.717) is 0 Å². The van der Waals surface area contributed by atoms with Crippen LogP contribution in [-0.2, 0) is 0 Å². The van der Waals surface area contributed by atoms with Crippen LogP contribution in [0.1, 0.15) is 26.2 Å². The SMILES string of the molecule is C=CC=CC=C=NCCCCC. The number of hydrogen-bond acceptors (Lipinski definition) is 1. The molecule has 0 aliphatic carbocycles. The molecule has 0 spiro atoms. The maximum absolute atomic E-state index is 4.09. The molecule has 0 fully saturated rings. The lowest BCUT2D eigenvalue weighted by atomic mass is 10.2. The lowest BCUT2D eigenvalue weighted by Crippen LogP contribution is -1.78. The summed E-state index contributed by atoms with van der Waals surface area (Å²) < 4.78 is 0. The Kier molecular flexibility index (Phi) is 9.04. The average Bonchev–Trinajstić information content (AvgIpc) is 2.10. The molecule has 0 heterocycles. The summed E-state index contributed by atoms with van der Waals surface area (Å²) in [7, 11) is 0. The van der Waals surface area contributed by atoms with Gasteiger partial charge in [0.25, 0.3) is 0 Å². The molecule has 0 saturated carbocycles. The maximum Gasteiger partial charge on any atom is 0.0484 e. The first-order chi connectivity index (χ1) is 5.91. The summed E-state index contributed by atoms with van der Waals surface area (Å²) in [5.41, 5.74) is 0. The molecule has 1 nitrogen and oxygen atoms in total. The van der Waals surface area contributed by atoms with Gasteiger partial charge in [0, 0.05) is 6.54 Å². The fraction of sp³-hybridized carbons (Fsp3) is 0.455. The Labute approximate surface area is 75.2 Å². The molecule has 0 rings (SSSR count). The van der Waals surface area contributed by atoms with Gasteiger partial charge >= 0.3 is 0 Å². The van der Waals surface area contributed by atoms with Crippen LogP contribution in [-0.4, -0.2) is 12.4 Å². The third kappa shape index (κ3) is 8.93. The Hall–Kier alpha value is -1.07. The first-order valence-corrected chi connectivity index (χ1v) is 4.44. The fourth-order valence-electron chi connectivity index (χ4n) is 0.735. The number of rotatable bonds is 6. The van der Waals surface area contributed by atoms with Crippen molar-refractivity contribution < 1.29 is 0 Å². The van der Waals surface area contributed by atoms with E-state index in [1.54, 1.807) is 12.2 Å². The summed E-state index contributed by atoms with van der Waals surface area (Å²) in [6.07, 6.45) is 10.9. The molecule has 0 aromatic heterocycles. The highest BCUT2D eigenvalue weighted by Gasteiger charge is 1.79. The molecule has 0 atom stereocenters. The van der Waals surface area contributed by atoms with Gasteiger partial charge in [0.05, 0.1) is 0 Å². The molecule has 0 aromatic rings. The molecule has 66 valence electrons. The summed E-state index contributed by atoms with van der Waals surface area (Å²) in [6.45, 7) is 6.64. The van der Waals surface area contributed by atoms with E-state index in [2.05, 4.69) is 24.4 Å². The van der Waals surface area contributed by atoms with Crippen molar-refractivity contribution in [2.75, 3.05) is 6.54 Å². The number of aliphatic imine (C=N–C) groups is 1.